The molecule has 0 atom stereocenters. The number of carbonyl (C=O) groups excluding carboxylic acids is 2. The molecule has 0 heterocycles. The van der Waals surface area contributed by atoms with Gasteiger partial charge in [-0.1, -0.05) is 30.3 Å². The van der Waals surface area contributed by atoms with Crippen LogP contribution in [0, 0.1) is 17.0 Å². The van der Waals surface area contributed by atoms with E-state index in [9.17, 15) is 19.7 Å². The highest BCUT2D eigenvalue weighted by Crippen LogP contribution is 2.25. The summed E-state index contributed by atoms with van der Waals surface area (Å²) in [5, 5.41) is 13.5. The average Bonchev–Trinajstić information content (AvgIpc) is 2.74. The Hall–Kier alpha value is -4.20. The van der Waals surface area contributed by atoms with Crippen LogP contribution in [0.4, 0.5) is 11.4 Å². The van der Waals surface area contributed by atoms with Gasteiger partial charge in [0.2, 0.25) is 0 Å². The minimum atomic E-state index is -0.695. The summed E-state index contributed by atoms with van der Waals surface area (Å²) in [4.78, 5) is 34.8. The van der Waals surface area contributed by atoms with Gasteiger partial charge in [0.1, 0.15) is 11.5 Å². The molecule has 0 aromatic heterocycles. The third-order valence-electron chi connectivity index (χ3n) is 4.16. The van der Waals surface area contributed by atoms with E-state index in [1.165, 1.54) is 31.2 Å². The van der Waals surface area contributed by atoms with Crippen molar-refractivity contribution in [3.8, 4) is 11.5 Å². The maximum Gasteiger partial charge on any atom is 0.338 e. The van der Waals surface area contributed by atoms with Crippen molar-refractivity contribution in [2.24, 2.45) is 0 Å². The summed E-state index contributed by atoms with van der Waals surface area (Å²) in [6.45, 7) is 0.989. The molecule has 0 aliphatic heterocycles. The number of benzene rings is 3. The molecule has 30 heavy (non-hydrogen) atoms. The second-order valence-corrected chi connectivity index (χ2v) is 6.27. The Kier molecular flexibility index (Phi) is 6.39. The van der Waals surface area contributed by atoms with E-state index in [4.69, 9.17) is 9.47 Å². The largest absolute Gasteiger partial charge is 0.457 e. The minimum absolute atomic E-state index is 0.111. The van der Waals surface area contributed by atoms with E-state index in [1.807, 2.05) is 18.2 Å². The molecule has 0 spiro atoms. The van der Waals surface area contributed by atoms with E-state index in [1.54, 1.807) is 30.3 Å². The van der Waals surface area contributed by atoms with Crippen LogP contribution in [-0.2, 0) is 9.53 Å². The fourth-order valence-corrected chi connectivity index (χ4v) is 2.67. The van der Waals surface area contributed by atoms with E-state index >= 15 is 0 Å². The Bertz CT molecular complexity index is 1080. The van der Waals surface area contributed by atoms with Gasteiger partial charge >= 0.3 is 5.97 Å². The molecule has 1 amide bonds. The van der Waals surface area contributed by atoms with Crippen molar-refractivity contribution in [2.45, 2.75) is 6.92 Å². The number of nitrogens with zero attached hydrogens (tertiary/aromatic N) is 1. The quantitative estimate of drug-likeness (QED) is 0.352. The first-order valence-corrected chi connectivity index (χ1v) is 8.98. The highest BCUT2D eigenvalue weighted by molar-refractivity contribution is 5.96. The molecule has 152 valence electrons. The first kappa shape index (κ1) is 20.5. The lowest BCUT2D eigenvalue weighted by Gasteiger charge is -2.10. The molecular formula is C22H18N2O6. The maximum absolute atomic E-state index is 12.3. The lowest BCUT2D eigenvalue weighted by atomic mass is 10.1. The van der Waals surface area contributed by atoms with Crippen LogP contribution in [0.15, 0.2) is 72.8 Å². The van der Waals surface area contributed by atoms with Crippen LogP contribution in [0.25, 0.3) is 0 Å². The molecule has 0 unspecified atom stereocenters. The Morgan fingerprint density at radius 3 is 2.40 bits per heavy atom. The molecule has 0 radical (unpaired) electrons. The highest BCUT2D eigenvalue weighted by Gasteiger charge is 2.16. The van der Waals surface area contributed by atoms with Crippen molar-refractivity contribution >= 4 is 23.3 Å². The van der Waals surface area contributed by atoms with E-state index < -0.39 is 23.4 Å². The molecule has 0 saturated heterocycles. The fourth-order valence-electron chi connectivity index (χ4n) is 2.67. The number of amides is 1. The minimum Gasteiger partial charge on any atom is -0.457 e. The van der Waals surface area contributed by atoms with Gasteiger partial charge < -0.3 is 14.8 Å². The lowest BCUT2D eigenvalue weighted by molar-refractivity contribution is -0.385. The number of hydrogen-bond donors (Lipinski definition) is 1. The van der Waals surface area contributed by atoms with Gasteiger partial charge in [-0.15, -0.1) is 0 Å². The Morgan fingerprint density at radius 1 is 0.967 bits per heavy atom. The summed E-state index contributed by atoms with van der Waals surface area (Å²) in [5.41, 5.74) is 0.708. The van der Waals surface area contributed by atoms with Gasteiger partial charge in [0, 0.05) is 6.07 Å². The lowest BCUT2D eigenvalue weighted by Crippen LogP contribution is -2.21. The number of ether oxygens (including phenoxy) is 2. The highest BCUT2D eigenvalue weighted by atomic mass is 16.6. The number of para-hydroxylation sites is 1. The number of hydrogen-bond acceptors (Lipinski definition) is 6. The monoisotopic (exact) mass is 406 g/mol. The number of nitro benzene ring substituents is 1. The normalized spacial score (nSPS) is 10.2. The zero-order valence-corrected chi connectivity index (χ0v) is 16.0. The number of anilines is 1. The van der Waals surface area contributed by atoms with Crippen LogP contribution >= 0.6 is 0 Å². The molecule has 8 nitrogen and oxygen atoms in total. The molecule has 0 aliphatic carbocycles. The van der Waals surface area contributed by atoms with Gasteiger partial charge in [0.25, 0.3) is 11.6 Å². The number of rotatable bonds is 7. The zero-order chi connectivity index (χ0) is 21.5. The third-order valence-corrected chi connectivity index (χ3v) is 4.16. The smallest absolute Gasteiger partial charge is 0.338 e. The second kappa shape index (κ2) is 9.33. The number of esters is 1. The van der Waals surface area contributed by atoms with Crippen molar-refractivity contribution in [1.29, 1.82) is 0 Å². The van der Waals surface area contributed by atoms with Crippen LogP contribution in [0.3, 0.4) is 0 Å². The van der Waals surface area contributed by atoms with Crippen molar-refractivity contribution in [3.63, 3.8) is 0 Å². The summed E-state index contributed by atoms with van der Waals surface area (Å²) in [5.74, 6) is -0.231. The van der Waals surface area contributed by atoms with E-state index in [0.717, 1.165) is 0 Å². The zero-order valence-electron chi connectivity index (χ0n) is 16.0. The van der Waals surface area contributed by atoms with Crippen LogP contribution in [0.5, 0.6) is 11.5 Å². The second-order valence-electron chi connectivity index (χ2n) is 6.27. The van der Waals surface area contributed by atoms with Gasteiger partial charge in [0.15, 0.2) is 6.61 Å². The van der Waals surface area contributed by atoms with Gasteiger partial charge in [-0.25, -0.2) is 4.79 Å². The SMILES string of the molecule is Cc1c(NC(=O)COC(=O)c2cccc(Oc3ccccc3)c2)cccc1[N+](=O)[O-]. The third kappa shape index (κ3) is 5.20. The van der Waals surface area contributed by atoms with Crippen LogP contribution in [-0.4, -0.2) is 23.4 Å². The van der Waals surface area contributed by atoms with Crippen LogP contribution in [0.2, 0.25) is 0 Å². The van der Waals surface area contributed by atoms with Gasteiger partial charge in [-0.3, -0.25) is 14.9 Å². The predicted octanol–water partition coefficient (Wildman–Crippen LogP) is 4.49. The molecule has 3 aromatic carbocycles. The average molecular weight is 406 g/mol. The molecule has 0 fully saturated rings. The first-order valence-electron chi connectivity index (χ1n) is 8.98. The molecular weight excluding hydrogens is 388 g/mol. The van der Waals surface area contributed by atoms with Crippen molar-refractivity contribution in [1.82, 2.24) is 0 Å². The summed E-state index contributed by atoms with van der Waals surface area (Å²) in [6.07, 6.45) is 0. The van der Waals surface area contributed by atoms with Gasteiger partial charge in [0.05, 0.1) is 21.7 Å². The van der Waals surface area contributed by atoms with E-state index in [-0.39, 0.29) is 16.9 Å². The Balaban J connectivity index is 1.59. The van der Waals surface area contributed by atoms with Crippen LogP contribution in [0.1, 0.15) is 15.9 Å². The molecule has 0 bridgehead atoms. The molecule has 1 N–H and O–H groups in total. The molecule has 3 rings (SSSR count). The van der Waals surface area contributed by atoms with Crippen molar-refractivity contribution in [3.05, 3.63) is 94.0 Å². The Morgan fingerprint density at radius 2 is 1.67 bits per heavy atom. The van der Waals surface area contributed by atoms with Crippen molar-refractivity contribution < 1.29 is 24.0 Å². The summed E-state index contributed by atoms with van der Waals surface area (Å²) >= 11 is 0. The fraction of sp³-hybridized carbons (Fsp3) is 0.0909. The van der Waals surface area contributed by atoms with Crippen LogP contribution < -0.4 is 10.1 Å². The van der Waals surface area contributed by atoms with Crippen molar-refractivity contribution in [2.75, 3.05) is 11.9 Å². The van der Waals surface area contributed by atoms with E-state index in [0.29, 0.717) is 17.1 Å². The summed E-state index contributed by atoms with van der Waals surface area (Å²) in [7, 11) is 0. The van der Waals surface area contributed by atoms with Gasteiger partial charge in [-0.2, -0.15) is 0 Å². The van der Waals surface area contributed by atoms with Gasteiger partial charge in [-0.05, 0) is 43.3 Å². The molecule has 8 heteroatoms. The molecule has 0 saturated carbocycles. The molecule has 0 aliphatic rings. The summed E-state index contributed by atoms with van der Waals surface area (Å²) in [6, 6.07) is 19.8. The van der Waals surface area contributed by atoms with E-state index in [2.05, 4.69) is 5.32 Å². The number of nitro groups is 1. The maximum atomic E-state index is 12.3. The first-order chi connectivity index (χ1) is 14.4. The Labute approximate surface area is 172 Å². The summed E-state index contributed by atoms with van der Waals surface area (Å²) < 4.78 is 10.7. The standard InChI is InChI=1S/C22H18N2O6/c1-15-19(11-6-12-20(15)24(27)28)23-21(25)14-29-22(26)16-7-5-10-18(13-16)30-17-8-3-2-4-9-17/h2-13H,14H2,1H3,(H,23,25). The number of carbonyl (C=O) groups is 2. The predicted molar refractivity (Wildman–Crippen MR) is 110 cm³/mol. The topological polar surface area (TPSA) is 108 Å². The number of nitrogens with one attached hydrogen (secondary N) is 1. The molecule has 3 aromatic rings.